The molecule has 58 heavy (non-hydrogen) atoms. The molecule has 5 heterocycles. The van der Waals surface area contributed by atoms with Crippen molar-refractivity contribution < 1.29 is 4.74 Å². The molecule has 272 valence electrons. The Hall–Kier alpha value is -6.82. The summed E-state index contributed by atoms with van der Waals surface area (Å²) in [5, 5.41) is 3.83. The Morgan fingerprint density at radius 2 is 1.24 bits per heavy atom. The van der Waals surface area contributed by atoms with Gasteiger partial charge in [-0.2, -0.15) is 0 Å². The van der Waals surface area contributed by atoms with Gasteiger partial charge in [-0.1, -0.05) is 141 Å². The molecule has 0 saturated heterocycles. The van der Waals surface area contributed by atoms with Crippen molar-refractivity contribution in [2.75, 3.05) is 4.90 Å². The lowest BCUT2D eigenvalue weighted by molar-refractivity contribution is 0.488. The monoisotopic (exact) mass is 758 g/mol. The normalized spacial score (nSPS) is 14.2. The molecule has 3 aliphatic heterocycles. The van der Waals surface area contributed by atoms with E-state index in [1.165, 1.54) is 86.8 Å². The lowest BCUT2D eigenvalue weighted by atomic mass is 9.33. The second kappa shape index (κ2) is 11.6. The number of rotatable bonds is 3. The molecule has 3 nitrogen and oxygen atoms in total. The van der Waals surface area contributed by atoms with Crippen molar-refractivity contribution in [1.82, 2.24) is 4.57 Å². The van der Waals surface area contributed by atoms with Crippen molar-refractivity contribution >= 4 is 83.4 Å². The Morgan fingerprint density at radius 3 is 2.02 bits per heavy atom. The molecule has 13 rings (SSSR count). The first-order valence-corrected chi connectivity index (χ1v) is 20.9. The second-order valence-corrected chi connectivity index (χ2v) is 17.5. The first kappa shape index (κ1) is 32.3. The summed E-state index contributed by atoms with van der Waals surface area (Å²) in [5.74, 6) is 1.83. The highest BCUT2D eigenvalue weighted by molar-refractivity contribution is 7.23. The van der Waals surface area contributed by atoms with Crippen LogP contribution in [0.25, 0.3) is 59.1 Å². The van der Waals surface area contributed by atoms with Crippen molar-refractivity contribution in [3.05, 3.63) is 187 Å². The molecule has 0 aliphatic carbocycles. The van der Waals surface area contributed by atoms with Crippen LogP contribution >= 0.6 is 11.3 Å². The van der Waals surface area contributed by atoms with Crippen LogP contribution in [-0.2, 0) is 5.41 Å². The van der Waals surface area contributed by atoms with E-state index in [0.29, 0.717) is 0 Å². The maximum atomic E-state index is 7.36. The molecule has 3 aliphatic rings. The van der Waals surface area contributed by atoms with Crippen molar-refractivity contribution in [3.63, 3.8) is 0 Å². The fourth-order valence-electron chi connectivity index (χ4n) is 10.5. The first-order valence-electron chi connectivity index (χ1n) is 20.1. The van der Waals surface area contributed by atoms with Gasteiger partial charge in [0.05, 0.1) is 28.1 Å². The van der Waals surface area contributed by atoms with Gasteiger partial charge in [0.25, 0.3) is 6.71 Å². The third-order valence-corrected chi connectivity index (χ3v) is 14.2. The van der Waals surface area contributed by atoms with Crippen LogP contribution < -0.4 is 26.0 Å². The molecule has 0 radical (unpaired) electrons. The molecule has 0 N–H and O–H groups in total. The van der Waals surface area contributed by atoms with Crippen molar-refractivity contribution in [3.8, 4) is 38.8 Å². The molecule has 2 aromatic heterocycles. The minimum Gasteiger partial charge on any atom is -0.458 e. The van der Waals surface area contributed by atoms with Gasteiger partial charge in [-0.3, -0.25) is 0 Å². The highest BCUT2D eigenvalue weighted by atomic mass is 32.1. The topological polar surface area (TPSA) is 17.4 Å². The fraction of sp³-hybridized carbons (Fsp3) is 0.0566. The van der Waals surface area contributed by atoms with Crippen molar-refractivity contribution in [2.24, 2.45) is 0 Å². The Balaban J connectivity index is 1.14. The fourth-order valence-corrected chi connectivity index (χ4v) is 11.8. The number of hydrogen-bond donors (Lipinski definition) is 0. The number of hydrogen-bond acceptors (Lipinski definition) is 3. The number of thiophene rings is 1. The van der Waals surface area contributed by atoms with Crippen LogP contribution in [0.4, 0.5) is 17.1 Å². The highest BCUT2D eigenvalue weighted by Crippen LogP contribution is 2.54. The number of fused-ring (bicyclic) bond motifs is 9. The molecule has 0 spiro atoms. The molecule has 10 aromatic rings. The lowest BCUT2D eigenvalue weighted by Crippen LogP contribution is -2.57. The van der Waals surface area contributed by atoms with Crippen LogP contribution in [0.3, 0.4) is 0 Å². The maximum absolute atomic E-state index is 7.36. The third-order valence-electron chi connectivity index (χ3n) is 13.0. The third kappa shape index (κ3) is 4.24. The summed E-state index contributed by atoms with van der Waals surface area (Å²) in [7, 11) is 0. The summed E-state index contributed by atoms with van der Waals surface area (Å²) >= 11 is 1.91. The van der Waals surface area contributed by atoms with Gasteiger partial charge in [-0.15, -0.1) is 11.3 Å². The zero-order valence-electron chi connectivity index (χ0n) is 32.0. The van der Waals surface area contributed by atoms with Crippen LogP contribution in [-0.4, -0.2) is 11.3 Å². The van der Waals surface area contributed by atoms with Crippen LogP contribution in [0.2, 0.25) is 0 Å². The summed E-state index contributed by atoms with van der Waals surface area (Å²) < 4.78 is 11.1. The molecule has 0 unspecified atom stereocenters. The predicted octanol–water partition coefficient (Wildman–Crippen LogP) is 12.4. The van der Waals surface area contributed by atoms with Gasteiger partial charge < -0.3 is 14.2 Å². The molecule has 5 heteroatoms. The summed E-state index contributed by atoms with van der Waals surface area (Å²) in [6, 6.07) is 64.8. The number of benzene rings is 8. The number of aromatic nitrogens is 1. The van der Waals surface area contributed by atoms with Gasteiger partial charge in [-0.25, -0.2) is 0 Å². The van der Waals surface area contributed by atoms with Gasteiger partial charge in [0.15, 0.2) is 0 Å². The summed E-state index contributed by atoms with van der Waals surface area (Å²) in [4.78, 5) is 3.78. The average molecular weight is 759 g/mol. The maximum Gasteiger partial charge on any atom is 0.252 e. The van der Waals surface area contributed by atoms with E-state index >= 15 is 0 Å². The van der Waals surface area contributed by atoms with Crippen LogP contribution in [0.5, 0.6) is 11.5 Å². The van der Waals surface area contributed by atoms with E-state index in [9.17, 15) is 0 Å². The van der Waals surface area contributed by atoms with Crippen LogP contribution in [0.1, 0.15) is 25.0 Å². The van der Waals surface area contributed by atoms with Gasteiger partial charge in [0.2, 0.25) is 0 Å². The van der Waals surface area contributed by atoms with E-state index in [1.54, 1.807) is 0 Å². The van der Waals surface area contributed by atoms with E-state index in [1.807, 2.05) is 11.3 Å². The summed E-state index contributed by atoms with van der Waals surface area (Å²) in [5.41, 5.74) is 17.1. The number of anilines is 3. The smallest absolute Gasteiger partial charge is 0.252 e. The van der Waals surface area contributed by atoms with E-state index < -0.39 is 0 Å². The van der Waals surface area contributed by atoms with Gasteiger partial charge >= 0.3 is 0 Å². The Labute approximate surface area is 341 Å². The van der Waals surface area contributed by atoms with E-state index in [4.69, 9.17) is 4.74 Å². The standard InChI is InChI=1S/C53H35BN2OS/c1-53(2)38-21-10-13-25-43(38)56(44-26-14-11-22-39(44)53)34-28-37-49-50-40(23-15-27-48(50)58-52(49)32-16-5-3-6-17-32)54-41-30-36-35-20-9-12-24-42(35)55(33-18-7-4-8-19-33)45(36)31-46(41)57-47(29-34)51(37)54/h3-31H,1-2H3. The number of para-hydroxylation sites is 4. The van der Waals surface area contributed by atoms with Crippen molar-refractivity contribution in [2.45, 2.75) is 19.3 Å². The van der Waals surface area contributed by atoms with E-state index in [-0.39, 0.29) is 12.1 Å². The van der Waals surface area contributed by atoms with Gasteiger partial charge in [0, 0.05) is 49.1 Å². The van der Waals surface area contributed by atoms with Crippen LogP contribution in [0.15, 0.2) is 176 Å². The minimum atomic E-state index is -0.159. The molecule has 0 atom stereocenters. The Bertz CT molecular complexity index is 3310. The zero-order chi connectivity index (χ0) is 38.3. The number of ether oxygens (including phenoxy) is 1. The molecule has 0 saturated carbocycles. The summed E-state index contributed by atoms with van der Waals surface area (Å²) in [6.45, 7) is 4.70. The molecule has 8 aromatic carbocycles. The highest BCUT2D eigenvalue weighted by Gasteiger charge is 2.43. The predicted molar refractivity (Wildman–Crippen MR) is 245 cm³/mol. The summed E-state index contributed by atoms with van der Waals surface area (Å²) in [6.07, 6.45) is 0. The Morgan fingerprint density at radius 1 is 0.552 bits per heavy atom. The molecular formula is C53H35BN2OS. The molecule has 0 bridgehead atoms. The van der Waals surface area contributed by atoms with E-state index in [0.717, 1.165) is 28.4 Å². The van der Waals surface area contributed by atoms with E-state index in [2.05, 4.69) is 199 Å². The largest absolute Gasteiger partial charge is 0.458 e. The molecular weight excluding hydrogens is 723 g/mol. The number of nitrogens with zero attached hydrogens (tertiary/aromatic N) is 2. The Kier molecular flexibility index (Phi) is 6.47. The zero-order valence-corrected chi connectivity index (χ0v) is 32.8. The molecule has 0 amide bonds. The average Bonchev–Trinajstić information content (AvgIpc) is 3.82. The van der Waals surface area contributed by atoms with Crippen molar-refractivity contribution in [1.29, 1.82) is 0 Å². The second-order valence-electron chi connectivity index (χ2n) is 16.4. The SMILES string of the molecule is CC1(C)c2ccccc2N(c2cc3c4c(c2)-c2c(-c5ccccc5)sc5cccc(c25)B4c2cc4c5ccccc5n(-c5ccccc5)c4cc2O3)c2ccccc21. The quantitative estimate of drug-likeness (QED) is 0.167. The van der Waals surface area contributed by atoms with Gasteiger partial charge in [-0.05, 0) is 81.0 Å². The molecule has 0 fully saturated rings. The lowest BCUT2D eigenvalue weighted by Gasteiger charge is -2.42. The van der Waals surface area contributed by atoms with Crippen LogP contribution in [0, 0.1) is 0 Å². The minimum absolute atomic E-state index is 0.000299. The van der Waals surface area contributed by atoms with Gasteiger partial charge in [0.1, 0.15) is 11.5 Å². The first-order chi connectivity index (χ1) is 28.5.